The number of amides is 1. The number of carbonyl (C=O) groups is 1. The average Bonchev–Trinajstić information content (AvgIpc) is 2.89. The lowest BCUT2D eigenvalue weighted by Crippen LogP contribution is -2.33. The molecule has 2 rings (SSSR count). The van der Waals surface area contributed by atoms with Gasteiger partial charge in [0.1, 0.15) is 0 Å². The minimum atomic E-state index is 0.144. The van der Waals surface area contributed by atoms with Crippen LogP contribution in [0.3, 0.4) is 0 Å². The lowest BCUT2D eigenvalue weighted by molar-refractivity contribution is 0.0748. The number of nitrogens with zero attached hydrogens (tertiary/aromatic N) is 1. The zero-order valence-corrected chi connectivity index (χ0v) is 12.5. The molecule has 1 aliphatic heterocycles. The quantitative estimate of drug-likeness (QED) is 0.800. The van der Waals surface area contributed by atoms with Crippen molar-refractivity contribution in [3.8, 4) is 11.8 Å². The number of carbonyl (C=O) groups excluding carboxylic acids is 1. The highest BCUT2D eigenvalue weighted by molar-refractivity contribution is 7.14. The summed E-state index contributed by atoms with van der Waals surface area (Å²) in [6, 6.07) is 2.28. The molecular weight excluding hydrogens is 256 g/mol. The van der Waals surface area contributed by atoms with Gasteiger partial charge in [-0.05, 0) is 37.8 Å². The van der Waals surface area contributed by atoms with Crippen molar-refractivity contribution in [1.82, 2.24) is 4.90 Å². The Morgan fingerprint density at radius 2 is 2.32 bits per heavy atom. The van der Waals surface area contributed by atoms with Crippen LogP contribution in [0.15, 0.2) is 6.07 Å². The number of hydrogen-bond acceptors (Lipinski definition) is 3. The molecule has 2 atom stereocenters. The summed E-state index contributed by atoms with van der Waals surface area (Å²) in [7, 11) is 0. The van der Waals surface area contributed by atoms with Gasteiger partial charge >= 0.3 is 0 Å². The fourth-order valence-corrected chi connectivity index (χ4v) is 3.57. The van der Waals surface area contributed by atoms with Crippen LogP contribution in [0.1, 0.15) is 40.4 Å². The highest BCUT2D eigenvalue weighted by Gasteiger charge is 2.31. The molecule has 0 aliphatic carbocycles. The molecular formula is C15H20N2OS. The van der Waals surface area contributed by atoms with E-state index in [0.29, 0.717) is 18.5 Å². The Balaban J connectivity index is 2.20. The second kappa shape index (κ2) is 5.77. The minimum Gasteiger partial charge on any atom is -0.335 e. The molecule has 1 aromatic heterocycles. The van der Waals surface area contributed by atoms with Crippen molar-refractivity contribution in [2.45, 2.75) is 33.2 Å². The van der Waals surface area contributed by atoms with Gasteiger partial charge in [-0.25, -0.2) is 0 Å². The van der Waals surface area contributed by atoms with Gasteiger partial charge in [-0.3, -0.25) is 4.79 Å². The van der Waals surface area contributed by atoms with E-state index in [-0.39, 0.29) is 5.91 Å². The molecule has 1 aromatic rings. The Hall–Kier alpha value is -1.31. The molecule has 0 saturated carbocycles. The molecule has 102 valence electrons. The van der Waals surface area contributed by atoms with Gasteiger partial charge < -0.3 is 10.6 Å². The normalized spacial score (nSPS) is 22.2. The summed E-state index contributed by atoms with van der Waals surface area (Å²) in [5.41, 5.74) is 6.45. The van der Waals surface area contributed by atoms with E-state index in [1.807, 2.05) is 17.9 Å². The molecule has 0 radical (unpaired) electrons. The molecule has 4 heteroatoms. The third-order valence-electron chi connectivity index (χ3n) is 3.48. The van der Waals surface area contributed by atoms with Crippen LogP contribution in [0.25, 0.3) is 0 Å². The van der Waals surface area contributed by atoms with Gasteiger partial charge in [0.2, 0.25) is 0 Å². The first-order chi connectivity index (χ1) is 9.02. The van der Waals surface area contributed by atoms with Crippen molar-refractivity contribution in [3.63, 3.8) is 0 Å². The second-order valence-electron chi connectivity index (χ2n) is 5.28. The number of aryl methyl sites for hydroxylation is 1. The summed E-state index contributed by atoms with van der Waals surface area (Å²) in [5.74, 6) is 6.62. The molecule has 1 amide bonds. The van der Waals surface area contributed by atoms with Crippen LogP contribution in [-0.2, 0) is 0 Å². The van der Waals surface area contributed by atoms with Gasteiger partial charge in [0, 0.05) is 12.6 Å². The predicted octanol–water partition coefficient (Wildman–Crippen LogP) is 2.24. The molecule has 2 N–H and O–H groups in total. The highest BCUT2D eigenvalue weighted by Crippen LogP contribution is 2.28. The Bertz CT molecular complexity index is 538. The fourth-order valence-electron chi connectivity index (χ4n) is 2.57. The first kappa shape index (κ1) is 14.1. The lowest BCUT2D eigenvalue weighted by atomic mass is 10.1. The van der Waals surface area contributed by atoms with Crippen LogP contribution >= 0.6 is 11.3 Å². The number of thiophene rings is 1. The number of nitrogens with two attached hydrogens (primary N) is 1. The van der Waals surface area contributed by atoms with Gasteiger partial charge in [0.15, 0.2) is 0 Å². The molecule has 2 unspecified atom stereocenters. The summed E-state index contributed by atoms with van der Waals surface area (Å²) < 4.78 is 0. The summed E-state index contributed by atoms with van der Waals surface area (Å²) in [5, 5.41) is 0. The molecule has 1 aliphatic rings. The van der Waals surface area contributed by atoms with Gasteiger partial charge in [-0.1, -0.05) is 18.8 Å². The lowest BCUT2D eigenvalue weighted by Gasteiger charge is -2.20. The Morgan fingerprint density at radius 1 is 1.58 bits per heavy atom. The van der Waals surface area contributed by atoms with Gasteiger partial charge in [0.25, 0.3) is 5.91 Å². The van der Waals surface area contributed by atoms with Crippen LogP contribution in [0, 0.1) is 24.7 Å². The minimum absolute atomic E-state index is 0.144. The smallest absolute Gasteiger partial charge is 0.264 e. The second-order valence-corrected chi connectivity index (χ2v) is 6.33. The van der Waals surface area contributed by atoms with Gasteiger partial charge in [-0.15, -0.1) is 11.3 Å². The van der Waals surface area contributed by atoms with Crippen molar-refractivity contribution in [2.24, 2.45) is 11.7 Å². The summed E-state index contributed by atoms with van der Waals surface area (Å²) in [6.45, 7) is 7.52. The molecule has 1 fully saturated rings. The fraction of sp³-hybridized carbons (Fsp3) is 0.533. The van der Waals surface area contributed by atoms with E-state index < -0.39 is 0 Å². The molecule has 3 nitrogen and oxygen atoms in total. The van der Waals surface area contributed by atoms with E-state index in [2.05, 4.69) is 25.7 Å². The number of hydrogen-bond donors (Lipinski definition) is 1. The van der Waals surface area contributed by atoms with Crippen molar-refractivity contribution < 1.29 is 4.79 Å². The summed E-state index contributed by atoms with van der Waals surface area (Å²) in [6.07, 6.45) is 1.09. The van der Waals surface area contributed by atoms with Crippen molar-refractivity contribution in [3.05, 3.63) is 21.4 Å². The zero-order valence-electron chi connectivity index (χ0n) is 11.7. The van der Waals surface area contributed by atoms with E-state index >= 15 is 0 Å². The van der Waals surface area contributed by atoms with Crippen LogP contribution in [-0.4, -0.2) is 29.9 Å². The monoisotopic (exact) mass is 276 g/mol. The molecule has 0 aromatic carbocycles. The van der Waals surface area contributed by atoms with Gasteiger partial charge in [0.05, 0.1) is 16.3 Å². The van der Waals surface area contributed by atoms with Crippen LogP contribution in [0.5, 0.6) is 0 Å². The summed E-state index contributed by atoms with van der Waals surface area (Å²) in [4.78, 5) is 16.2. The zero-order chi connectivity index (χ0) is 14.0. The average molecular weight is 276 g/mol. The van der Waals surface area contributed by atoms with Gasteiger partial charge in [-0.2, -0.15) is 0 Å². The number of rotatable bonds is 1. The first-order valence-electron chi connectivity index (χ1n) is 6.63. The van der Waals surface area contributed by atoms with Crippen LogP contribution in [0.4, 0.5) is 0 Å². The maximum atomic E-state index is 12.5. The van der Waals surface area contributed by atoms with E-state index in [1.54, 1.807) is 0 Å². The maximum Gasteiger partial charge on any atom is 0.264 e. The number of likely N-dealkylation sites (tertiary alicyclic amines) is 1. The topological polar surface area (TPSA) is 46.3 Å². The Kier molecular flexibility index (Phi) is 4.28. The van der Waals surface area contributed by atoms with E-state index in [4.69, 9.17) is 5.73 Å². The largest absolute Gasteiger partial charge is 0.335 e. The van der Waals surface area contributed by atoms with Crippen LogP contribution in [0.2, 0.25) is 0 Å². The van der Waals surface area contributed by atoms with Crippen molar-refractivity contribution >= 4 is 17.2 Å². The molecule has 0 bridgehead atoms. The predicted molar refractivity (Wildman–Crippen MR) is 79.3 cm³/mol. The Morgan fingerprint density at radius 3 is 2.89 bits per heavy atom. The standard InChI is InChI=1S/C15H20N2OS/c1-10-7-12(3)17(9-10)15(18)14-8-11(2)13(19-14)5-4-6-16/h8,10,12H,6-7,9,16H2,1-3H3. The first-order valence-corrected chi connectivity index (χ1v) is 7.45. The molecule has 1 saturated heterocycles. The van der Waals surface area contributed by atoms with E-state index in [0.717, 1.165) is 28.3 Å². The van der Waals surface area contributed by atoms with Crippen molar-refractivity contribution in [2.75, 3.05) is 13.1 Å². The molecule has 0 spiro atoms. The SMILES string of the molecule is Cc1cc(C(=O)N2CC(C)CC2C)sc1C#CCN. The third kappa shape index (κ3) is 2.99. The third-order valence-corrected chi connectivity index (χ3v) is 4.62. The van der Waals surface area contributed by atoms with E-state index in [1.165, 1.54) is 11.3 Å². The Labute approximate surface area is 118 Å². The van der Waals surface area contributed by atoms with Crippen molar-refractivity contribution in [1.29, 1.82) is 0 Å². The maximum absolute atomic E-state index is 12.5. The summed E-state index contributed by atoms with van der Waals surface area (Å²) >= 11 is 1.48. The highest BCUT2D eigenvalue weighted by atomic mass is 32.1. The van der Waals surface area contributed by atoms with E-state index in [9.17, 15) is 4.79 Å². The molecule has 2 heterocycles. The molecule has 19 heavy (non-hydrogen) atoms. The van der Waals surface area contributed by atoms with Crippen LogP contribution < -0.4 is 5.73 Å².